The van der Waals surface area contributed by atoms with E-state index in [-0.39, 0.29) is 6.61 Å². The fourth-order valence-electron chi connectivity index (χ4n) is 1.52. The summed E-state index contributed by atoms with van der Waals surface area (Å²) in [4.78, 5) is 34.3. The summed E-state index contributed by atoms with van der Waals surface area (Å²) in [5.41, 5.74) is 4.45. The Morgan fingerprint density at radius 3 is 2.57 bits per heavy atom. The molecule has 0 spiro atoms. The molecule has 6 nitrogen and oxygen atoms in total. The van der Waals surface area contributed by atoms with Gasteiger partial charge in [-0.2, -0.15) is 0 Å². The van der Waals surface area contributed by atoms with Crippen LogP contribution in [0.2, 0.25) is 0 Å². The molecule has 0 saturated heterocycles. The summed E-state index contributed by atoms with van der Waals surface area (Å²) in [6.07, 6.45) is -0.494. The summed E-state index contributed by atoms with van der Waals surface area (Å²) in [7, 11) is 0. The van der Waals surface area contributed by atoms with Crippen molar-refractivity contribution < 1.29 is 27.9 Å². The van der Waals surface area contributed by atoms with Gasteiger partial charge in [0.25, 0.3) is 5.91 Å². The minimum absolute atomic E-state index is 0.0940. The van der Waals surface area contributed by atoms with Crippen LogP contribution in [0.4, 0.5) is 8.78 Å². The second-order valence-corrected chi connectivity index (χ2v) is 4.04. The standard InChI is InChI=1S/C13H14F2N2O4/c1-2-21-10(18)6-9(12(16)19)17-13(20)7-4-3-5-8(14)11(7)15/h3-5,9H,2,6H2,1H3,(H2,16,19)(H,17,20)/t9-/m0/s1. The Kier molecular flexibility index (Phi) is 5.77. The van der Waals surface area contributed by atoms with Crippen LogP contribution < -0.4 is 11.1 Å². The Morgan fingerprint density at radius 2 is 2.00 bits per heavy atom. The molecule has 1 rings (SSSR count). The van der Waals surface area contributed by atoms with Gasteiger partial charge in [0.2, 0.25) is 5.91 Å². The molecule has 8 heteroatoms. The predicted octanol–water partition coefficient (Wildman–Crippen LogP) is 0.502. The van der Waals surface area contributed by atoms with Gasteiger partial charge in [0, 0.05) is 0 Å². The van der Waals surface area contributed by atoms with Crippen molar-refractivity contribution in [2.75, 3.05) is 6.61 Å². The molecule has 0 unspecified atom stereocenters. The molecule has 1 aromatic rings. The number of rotatable bonds is 6. The lowest BCUT2D eigenvalue weighted by Crippen LogP contribution is -2.46. The average Bonchev–Trinajstić information content (AvgIpc) is 2.41. The molecule has 0 bridgehead atoms. The van der Waals surface area contributed by atoms with E-state index in [9.17, 15) is 23.2 Å². The first kappa shape index (κ1) is 16.5. The Hall–Kier alpha value is -2.51. The maximum absolute atomic E-state index is 13.4. The van der Waals surface area contributed by atoms with E-state index >= 15 is 0 Å². The van der Waals surface area contributed by atoms with Gasteiger partial charge in [-0.1, -0.05) is 6.07 Å². The van der Waals surface area contributed by atoms with E-state index in [4.69, 9.17) is 5.73 Å². The van der Waals surface area contributed by atoms with E-state index in [1.54, 1.807) is 6.92 Å². The van der Waals surface area contributed by atoms with Crippen molar-refractivity contribution in [1.29, 1.82) is 0 Å². The first-order valence-corrected chi connectivity index (χ1v) is 6.06. The lowest BCUT2D eigenvalue weighted by Gasteiger charge is -2.15. The van der Waals surface area contributed by atoms with Crippen molar-refractivity contribution >= 4 is 17.8 Å². The lowest BCUT2D eigenvalue weighted by molar-refractivity contribution is -0.145. The van der Waals surface area contributed by atoms with Crippen LogP contribution in [0.3, 0.4) is 0 Å². The number of amides is 2. The summed E-state index contributed by atoms with van der Waals surface area (Å²) < 4.78 is 31.1. The van der Waals surface area contributed by atoms with Gasteiger partial charge in [-0.3, -0.25) is 14.4 Å². The van der Waals surface area contributed by atoms with E-state index in [1.165, 1.54) is 0 Å². The molecule has 0 aliphatic heterocycles. The van der Waals surface area contributed by atoms with Crippen LogP contribution in [-0.2, 0) is 14.3 Å². The van der Waals surface area contributed by atoms with Crippen molar-refractivity contribution in [3.8, 4) is 0 Å². The van der Waals surface area contributed by atoms with E-state index < -0.39 is 47.4 Å². The molecule has 3 N–H and O–H groups in total. The van der Waals surface area contributed by atoms with Gasteiger partial charge in [-0.15, -0.1) is 0 Å². The van der Waals surface area contributed by atoms with Gasteiger partial charge in [0.1, 0.15) is 6.04 Å². The number of carbonyl (C=O) groups excluding carboxylic acids is 3. The summed E-state index contributed by atoms with van der Waals surface area (Å²) in [5, 5.41) is 2.07. The molecule has 0 aromatic heterocycles. The number of benzene rings is 1. The maximum Gasteiger partial charge on any atom is 0.308 e. The molecule has 0 saturated carbocycles. The van der Waals surface area contributed by atoms with Crippen molar-refractivity contribution in [3.05, 3.63) is 35.4 Å². The van der Waals surface area contributed by atoms with Crippen LogP contribution in [0.1, 0.15) is 23.7 Å². The SMILES string of the molecule is CCOC(=O)C[C@H](NC(=O)c1cccc(F)c1F)C(N)=O. The molecule has 0 aliphatic carbocycles. The van der Waals surface area contributed by atoms with Crippen molar-refractivity contribution in [2.24, 2.45) is 5.73 Å². The molecule has 1 atom stereocenters. The van der Waals surface area contributed by atoms with Gasteiger partial charge in [-0.25, -0.2) is 8.78 Å². The summed E-state index contributed by atoms with van der Waals surface area (Å²) in [6.45, 7) is 1.66. The highest BCUT2D eigenvalue weighted by atomic mass is 19.2. The van der Waals surface area contributed by atoms with Gasteiger partial charge in [0.15, 0.2) is 11.6 Å². The second kappa shape index (κ2) is 7.32. The van der Waals surface area contributed by atoms with E-state index in [1.807, 2.05) is 0 Å². The summed E-state index contributed by atoms with van der Waals surface area (Å²) >= 11 is 0. The van der Waals surface area contributed by atoms with Gasteiger partial charge >= 0.3 is 5.97 Å². The number of carbonyl (C=O) groups is 3. The highest BCUT2D eigenvalue weighted by Gasteiger charge is 2.24. The van der Waals surface area contributed by atoms with Crippen LogP contribution in [-0.4, -0.2) is 30.4 Å². The van der Waals surface area contributed by atoms with Crippen LogP contribution in [0.15, 0.2) is 18.2 Å². The zero-order valence-electron chi connectivity index (χ0n) is 11.2. The number of ether oxygens (including phenoxy) is 1. The highest BCUT2D eigenvalue weighted by Crippen LogP contribution is 2.11. The molecule has 0 fully saturated rings. The molecule has 2 amide bonds. The normalized spacial score (nSPS) is 11.6. The third-order valence-corrected chi connectivity index (χ3v) is 2.52. The number of nitrogens with two attached hydrogens (primary N) is 1. The van der Waals surface area contributed by atoms with Gasteiger partial charge in [-0.05, 0) is 19.1 Å². The molecular weight excluding hydrogens is 286 g/mol. The second-order valence-electron chi connectivity index (χ2n) is 4.04. The molecule has 0 heterocycles. The largest absolute Gasteiger partial charge is 0.466 e. The van der Waals surface area contributed by atoms with E-state index in [2.05, 4.69) is 10.1 Å². The highest BCUT2D eigenvalue weighted by molar-refractivity contribution is 5.98. The van der Waals surface area contributed by atoms with Crippen LogP contribution in [0.25, 0.3) is 0 Å². The fraction of sp³-hybridized carbons (Fsp3) is 0.308. The van der Waals surface area contributed by atoms with Crippen LogP contribution in [0.5, 0.6) is 0 Å². The molecule has 21 heavy (non-hydrogen) atoms. The van der Waals surface area contributed by atoms with Crippen LogP contribution in [0, 0.1) is 11.6 Å². The van der Waals surface area contributed by atoms with Crippen LogP contribution >= 0.6 is 0 Å². The minimum atomic E-state index is -1.38. The first-order chi connectivity index (χ1) is 9.86. The predicted molar refractivity (Wildman–Crippen MR) is 68.1 cm³/mol. The summed E-state index contributed by atoms with van der Waals surface area (Å²) in [5.74, 6) is -5.35. The third kappa shape index (κ3) is 4.51. The minimum Gasteiger partial charge on any atom is -0.466 e. The zero-order chi connectivity index (χ0) is 16.0. The maximum atomic E-state index is 13.4. The van der Waals surface area contributed by atoms with Crippen molar-refractivity contribution in [2.45, 2.75) is 19.4 Å². The molecular formula is C13H14F2N2O4. The quantitative estimate of drug-likeness (QED) is 0.747. The van der Waals surface area contributed by atoms with Gasteiger partial charge in [0.05, 0.1) is 18.6 Å². The van der Waals surface area contributed by atoms with Crippen molar-refractivity contribution in [3.63, 3.8) is 0 Å². The van der Waals surface area contributed by atoms with Crippen molar-refractivity contribution in [1.82, 2.24) is 5.32 Å². The molecule has 1 aromatic carbocycles. The average molecular weight is 300 g/mol. The molecule has 0 aliphatic rings. The zero-order valence-corrected chi connectivity index (χ0v) is 11.2. The summed E-state index contributed by atoms with van der Waals surface area (Å²) in [6, 6.07) is 1.64. The number of hydrogen-bond acceptors (Lipinski definition) is 4. The third-order valence-electron chi connectivity index (χ3n) is 2.52. The number of halogens is 2. The number of nitrogens with one attached hydrogen (secondary N) is 1. The lowest BCUT2D eigenvalue weighted by atomic mass is 10.1. The Balaban J connectivity index is 2.84. The number of primary amides is 1. The Morgan fingerprint density at radius 1 is 1.33 bits per heavy atom. The number of hydrogen-bond donors (Lipinski definition) is 2. The fourth-order valence-corrected chi connectivity index (χ4v) is 1.52. The monoisotopic (exact) mass is 300 g/mol. The Labute approximate surface area is 119 Å². The van der Waals surface area contributed by atoms with E-state index in [0.717, 1.165) is 18.2 Å². The Bertz CT molecular complexity index is 563. The smallest absolute Gasteiger partial charge is 0.308 e. The molecule has 114 valence electrons. The number of esters is 1. The van der Waals surface area contributed by atoms with Gasteiger partial charge < -0.3 is 15.8 Å². The first-order valence-electron chi connectivity index (χ1n) is 6.06. The van der Waals surface area contributed by atoms with E-state index in [0.29, 0.717) is 0 Å². The topological polar surface area (TPSA) is 98.5 Å². The molecule has 0 radical (unpaired) electrons.